The quantitative estimate of drug-likeness (QED) is 0.428. The summed E-state index contributed by atoms with van der Waals surface area (Å²) >= 11 is 4.10. The number of hydrogen-bond acceptors (Lipinski definition) is 0. The summed E-state index contributed by atoms with van der Waals surface area (Å²) in [4.78, 5) is 0. The van der Waals surface area contributed by atoms with E-state index in [2.05, 4.69) is 44.0 Å². The van der Waals surface area contributed by atoms with E-state index in [0.29, 0.717) is 0 Å². The average Bonchev–Trinajstić information content (AvgIpc) is 2.41. The molecule has 0 atom stereocenters. The maximum atomic E-state index is 3.03. The van der Waals surface area contributed by atoms with Crippen molar-refractivity contribution in [2.45, 2.75) is 0 Å². The lowest BCUT2D eigenvalue weighted by atomic mass is 10.0. The molecule has 0 heterocycles. The summed E-state index contributed by atoms with van der Waals surface area (Å²) in [5, 5.41) is 0. The van der Waals surface area contributed by atoms with Gasteiger partial charge in [-0.05, 0) is 43.2 Å². The van der Waals surface area contributed by atoms with Crippen LogP contribution in [0.1, 0.15) is 11.1 Å². The third kappa shape index (κ3) is 3.51. The molecule has 0 radical (unpaired) electrons. The fraction of sp³-hybridized carbons (Fsp3) is 0. The Kier molecular flexibility index (Phi) is 5.10. The monoisotopic (exact) mass is 454 g/mol. The van der Waals surface area contributed by atoms with E-state index in [1.54, 1.807) is 0 Å². The summed E-state index contributed by atoms with van der Waals surface area (Å²) in [6.45, 7) is 0. The van der Waals surface area contributed by atoms with Gasteiger partial charge in [0.15, 0.2) is 0 Å². The first-order chi connectivity index (χ1) is 8.83. The van der Waals surface area contributed by atoms with Gasteiger partial charge in [0.25, 0.3) is 0 Å². The second-order valence-electron chi connectivity index (χ2n) is 3.59. The Balaban J connectivity index is 2.29. The van der Waals surface area contributed by atoms with Gasteiger partial charge in [-0.1, -0.05) is 36.1 Å². The van der Waals surface area contributed by atoms with Crippen molar-refractivity contribution in [1.82, 2.24) is 0 Å². The van der Waals surface area contributed by atoms with E-state index in [-0.39, 0.29) is 0 Å². The standard InChI is InChI=1S/C16H8I2/c17-11-9-13-1-5-15(6-2-13)16-7-3-14(4-8-16)10-12-18/h1-8H. The van der Waals surface area contributed by atoms with E-state index in [1.807, 2.05) is 69.4 Å². The molecule has 0 spiro atoms. The normalized spacial score (nSPS) is 8.78. The number of rotatable bonds is 1. The van der Waals surface area contributed by atoms with Crippen LogP contribution >= 0.6 is 45.2 Å². The Bertz CT molecular complexity index is 583. The van der Waals surface area contributed by atoms with Gasteiger partial charge in [0.2, 0.25) is 0 Å². The zero-order chi connectivity index (χ0) is 12.8. The van der Waals surface area contributed by atoms with E-state index in [4.69, 9.17) is 0 Å². The van der Waals surface area contributed by atoms with Crippen molar-refractivity contribution in [2.24, 2.45) is 0 Å². The zero-order valence-corrected chi connectivity index (χ0v) is 13.7. The Morgan fingerprint density at radius 3 is 1.17 bits per heavy atom. The van der Waals surface area contributed by atoms with Gasteiger partial charge in [0.1, 0.15) is 0 Å². The third-order valence-electron chi connectivity index (χ3n) is 2.49. The van der Waals surface area contributed by atoms with Crippen LogP contribution in [0.25, 0.3) is 11.1 Å². The lowest BCUT2D eigenvalue weighted by Gasteiger charge is -2.02. The van der Waals surface area contributed by atoms with Gasteiger partial charge < -0.3 is 0 Å². The topological polar surface area (TPSA) is 0 Å². The lowest BCUT2D eigenvalue weighted by Crippen LogP contribution is -1.80. The van der Waals surface area contributed by atoms with Gasteiger partial charge >= 0.3 is 0 Å². The van der Waals surface area contributed by atoms with Crippen molar-refractivity contribution < 1.29 is 0 Å². The number of hydrogen-bond donors (Lipinski definition) is 0. The van der Waals surface area contributed by atoms with E-state index in [0.717, 1.165) is 11.1 Å². The number of halogens is 2. The summed E-state index contributed by atoms with van der Waals surface area (Å²) in [5.41, 5.74) is 4.48. The van der Waals surface area contributed by atoms with Gasteiger partial charge in [0, 0.05) is 56.3 Å². The van der Waals surface area contributed by atoms with Crippen LogP contribution in [0.2, 0.25) is 0 Å². The first-order valence-electron chi connectivity index (χ1n) is 5.27. The first kappa shape index (κ1) is 13.5. The van der Waals surface area contributed by atoms with E-state index >= 15 is 0 Å². The molecule has 0 aliphatic heterocycles. The molecule has 0 fully saturated rings. The number of benzene rings is 2. The van der Waals surface area contributed by atoms with Gasteiger partial charge in [-0.3, -0.25) is 0 Å². The Hall–Kier alpha value is -0.980. The first-order valence-corrected chi connectivity index (χ1v) is 7.43. The SMILES string of the molecule is IC#Cc1ccc(-c2ccc(C#CI)cc2)cc1. The summed E-state index contributed by atoms with van der Waals surface area (Å²) in [6.07, 6.45) is 0. The highest BCUT2D eigenvalue weighted by Gasteiger charge is 1.97. The Labute approximate surface area is 134 Å². The molecule has 0 aromatic heterocycles. The summed E-state index contributed by atoms with van der Waals surface area (Å²) in [5.74, 6) is 6.06. The fourth-order valence-corrected chi connectivity index (χ4v) is 2.22. The van der Waals surface area contributed by atoms with Crippen LogP contribution in [0.5, 0.6) is 0 Å². The second kappa shape index (κ2) is 6.82. The van der Waals surface area contributed by atoms with Crippen molar-refractivity contribution in [1.29, 1.82) is 0 Å². The summed E-state index contributed by atoms with van der Waals surface area (Å²) < 4.78 is 5.74. The molecule has 18 heavy (non-hydrogen) atoms. The molecule has 2 rings (SSSR count). The molecule has 0 aliphatic rings. The predicted octanol–water partition coefficient (Wildman–Crippen LogP) is 4.84. The average molecular weight is 454 g/mol. The van der Waals surface area contributed by atoms with Crippen molar-refractivity contribution in [2.75, 3.05) is 0 Å². The van der Waals surface area contributed by atoms with Crippen LogP contribution in [0.4, 0.5) is 0 Å². The van der Waals surface area contributed by atoms with Gasteiger partial charge in [-0.15, -0.1) is 0 Å². The molecule has 0 saturated heterocycles. The Morgan fingerprint density at radius 1 is 0.556 bits per heavy atom. The maximum Gasteiger partial charge on any atom is 0.0253 e. The highest BCUT2D eigenvalue weighted by molar-refractivity contribution is 14.1. The molecule has 2 heteroatoms. The van der Waals surface area contributed by atoms with Crippen molar-refractivity contribution in [3.05, 3.63) is 59.7 Å². The van der Waals surface area contributed by atoms with Gasteiger partial charge in [-0.25, -0.2) is 0 Å². The molecule has 0 nitrogen and oxygen atoms in total. The van der Waals surface area contributed by atoms with Crippen molar-refractivity contribution >= 4 is 45.2 Å². The van der Waals surface area contributed by atoms with Crippen molar-refractivity contribution in [3.63, 3.8) is 0 Å². The van der Waals surface area contributed by atoms with Crippen LogP contribution in [-0.4, -0.2) is 0 Å². The zero-order valence-electron chi connectivity index (χ0n) is 9.37. The van der Waals surface area contributed by atoms with Crippen LogP contribution in [0.15, 0.2) is 48.5 Å². The summed E-state index contributed by atoms with van der Waals surface area (Å²) in [7, 11) is 0. The maximum absolute atomic E-state index is 3.03. The Morgan fingerprint density at radius 2 is 0.889 bits per heavy atom. The largest absolute Gasteiger partial charge is 0.0556 e. The smallest absolute Gasteiger partial charge is 0.0253 e. The van der Waals surface area contributed by atoms with Crippen molar-refractivity contribution in [3.8, 4) is 30.8 Å². The highest BCUT2D eigenvalue weighted by Crippen LogP contribution is 2.20. The van der Waals surface area contributed by atoms with E-state index in [1.165, 1.54) is 11.1 Å². The summed E-state index contributed by atoms with van der Waals surface area (Å²) in [6, 6.07) is 16.5. The minimum atomic E-state index is 1.04. The van der Waals surface area contributed by atoms with Crippen LogP contribution in [0, 0.1) is 19.7 Å². The molecule has 0 amide bonds. The molecule has 0 bridgehead atoms. The molecule has 86 valence electrons. The van der Waals surface area contributed by atoms with Crippen LogP contribution < -0.4 is 0 Å². The molecular weight excluding hydrogens is 446 g/mol. The molecular formula is C16H8I2. The molecule has 2 aromatic rings. The predicted molar refractivity (Wildman–Crippen MR) is 93.7 cm³/mol. The van der Waals surface area contributed by atoms with Crippen LogP contribution in [-0.2, 0) is 0 Å². The molecule has 0 unspecified atom stereocenters. The minimum absolute atomic E-state index is 1.04. The highest BCUT2D eigenvalue weighted by atomic mass is 127. The second-order valence-corrected chi connectivity index (χ2v) is 4.67. The molecule has 0 aliphatic carbocycles. The van der Waals surface area contributed by atoms with Crippen LogP contribution in [0.3, 0.4) is 0 Å². The lowest BCUT2D eigenvalue weighted by molar-refractivity contribution is 1.58. The molecule has 2 aromatic carbocycles. The van der Waals surface area contributed by atoms with Gasteiger partial charge in [-0.2, -0.15) is 0 Å². The van der Waals surface area contributed by atoms with E-state index < -0.39 is 0 Å². The fourth-order valence-electron chi connectivity index (χ4n) is 1.60. The van der Waals surface area contributed by atoms with E-state index in [9.17, 15) is 0 Å². The van der Waals surface area contributed by atoms with Gasteiger partial charge in [0.05, 0.1) is 0 Å². The molecule has 0 saturated carbocycles. The third-order valence-corrected chi connectivity index (χ3v) is 3.03. The minimum Gasteiger partial charge on any atom is -0.0556 e. The molecule has 0 N–H and O–H groups in total.